The first-order chi connectivity index (χ1) is 17.4. The number of amides is 2. The normalized spacial score (nSPS) is 16.9. The van der Waals surface area contributed by atoms with Gasteiger partial charge in [-0.05, 0) is 48.9 Å². The first-order valence-corrected chi connectivity index (χ1v) is 12.2. The molecule has 7 N–H and O–H groups in total. The number of primary amides is 1. The van der Waals surface area contributed by atoms with Gasteiger partial charge in [0.25, 0.3) is 0 Å². The standard InChI is InChI=1S/C27H36N8O/c1-18-6-4-8-21(26(31-3)20-7-5-9-23(28)22(20)17-30-2)25(18)33-19-10-11-24(32-16-19)34-12-14-35(15-13-34)27(29)36/h4-11,17,26,31-33H,12-16,28H2,1-3H3,(H2,29,36). The number of nitrogen functional groups attached to an aromatic ring is 1. The molecule has 1 atom stereocenters. The van der Waals surface area contributed by atoms with E-state index < -0.39 is 0 Å². The van der Waals surface area contributed by atoms with Gasteiger partial charge in [0.2, 0.25) is 0 Å². The van der Waals surface area contributed by atoms with Crippen molar-refractivity contribution in [2.75, 3.05) is 57.9 Å². The predicted octanol–water partition coefficient (Wildman–Crippen LogP) is 2.37. The number of urea groups is 1. The van der Waals surface area contributed by atoms with E-state index in [9.17, 15) is 4.79 Å². The Labute approximate surface area is 212 Å². The molecule has 1 saturated heterocycles. The van der Waals surface area contributed by atoms with Crippen molar-refractivity contribution in [3.05, 3.63) is 82.3 Å². The average Bonchev–Trinajstić information content (AvgIpc) is 2.89. The predicted molar refractivity (Wildman–Crippen MR) is 147 cm³/mol. The summed E-state index contributed by atoms with van der Waals surface area (Å²) in [5.41, 5.74) is 18.8. The largest absolute Gasteiger partial charge is 0.398 e. The molecule has 0 radical (unpaired) electrons. The van der Waals surface area contributed by atoms with Crippen LogP contribution in [0.1, 0.15) is 28.3 Å². The molecule has 1 unspecified atom stereocenters. The molecule has 1 fully saturated rings. The molecule has 190 valence electrons. The van der Waals surface area contributed by atoms with Crippen molar-refractivity contribution in [1.29, 1.82) is 0 Å². The smallest absolute Gasteiger partial charge is 0.314 e. The van der Waals surface area contributed by atoms with Gasteiger partial charge in [-0.15, -0.1) is 0 Å². The molecule has 2 amide bonds. The fourth-order valence-corrected chi connectivity index (χ4v) is 4.83. The number of rotatable bonds is 7. The molecule has 4 rings (SSSR count). The van der Waals surface area contributed by atoms with Gasteiger partial charge in [0.05, 0.1) is 12.6 Å². The molecule has 9 nitrogen and oxygen atoms in total. The summed E-state index contributed by atoms with van der Waals surface area (Å²) >= 11 is 0. The summed E-state index contributed by atoms with van der Waals surface area (Å²) in [6.45, 7) is 5.57. The number of allylic oxidation sites excluding steroid dienone is 2. The van der Waals surface area contributed by atoms with Gasteiger partial charge < -0.3 is 37.2 Å². The lowest BCUT2D eigenvalue weighted by Crippen LogP contribution is -2.51. The van der Waals surface area contributed by atoms with E-state index in [0.29, 0.717) is 25.3 Å². The van der Waals surface area contributed by atoms with Crippen LogP contribution in [0.5, 0.6) is 0 Å². The van der Waals surface area contributed by atoms with Crippen molar-refractivity contribution in [2.45, 2.75) is 13.0 Å². The Kier molecular flexibility index (Phi) is 7.80. The summed E-state index contributed by atoms with van der Waals surface area (Å²) < 4.78 is 0. The van der Waals surface area contributed by atoms with Gasteiger partial charge in [0, 0.05) is 62.1 Å². The number of anilines is 2. The van der Waals surface area contributed by atoms with E-state index in [1.807, 2.05) is 25.4 Å². The molecule has 0 spiro atoms. The van der Waals surface area contributed by atoms with Gasteiger partial charge in [-0.1, -0.05) is 30.3 Å². The number of para-hydroxylation sites is 1. The fraction of sp³-hybridized carbons (Fsp3) is 0.333. The minimum atomic E-state index is -0.354. The minimum absolute atomic E-state index is 0.0753. The summed E-state index contributed by atoms with van der Waals surface area (Å²) in [6, 6.07) is 11.9. The SMILES string of the molecule is CN=Cc1c(N)cccc1C(NC)c1cccc(C)c1NC1=CC=C(N2CCN(C(N)=O)CC2)NC1. The number of carbonyl (C=O) groups is 1. The van der Waals surface area contributed by atoms with E-state index in [1.54, 1.807) is 11.9 Å². The Morgan fingerprint density at radius 1 is 1.11 bits per heavy atom. The number of hydrogen-bond donors (Lipinski definition) is 5. The number of piperazine rings is 1. The number of benzene rings is 2. The van der Waals surface area contributed by atoms with E-state index >= 15 is 0 Å². The minimum Gasteiger partial charge on any atom is -0.398 e. The third-order valence-electron chi connectivity index (χ3n) is 6.77. The Balaban J connectivity index is 1.58. The first kappa shape index (κ1) is 25.1. The van der Waals surface area contributed by atoms with Crippen molar-refractivity contribution >= 4 is 23.6 Å². The molecule has 2 aromatic rings. The molecule has 2 aromatic carbocycles. The van der Waals surface area contributed by atoms with E-state index in [0.717, 1.165) is 52.5 Å². The van der Waals surface area contributed by atoms with E-state index in [4.69, 9.17) is 11.5 Å². The molecule has 9 heteroatoms. The van der Waals surface area contributed by atoms with Gasteiger partial charge in [-0.2, -0.15) is 0 Å². The summed E-state index contributed by atoms with van der Waals surface area (Å²) in [5, 5.41) is 10.7. The molecule has 2 aliphatic heterocycles. The second kappa shape index (κ2) is 11.2. The van der Waals surface area contributed by atoms with Gasteiger partial charge in [-0.3, -0.25) is 4.99 Å². The van der Waals surface area contributed by atoms with Crippen LogP contribution in [0.4, 0.5) is 16.2 Å². The van der Waals surface area contributed by atoms with Gasteiger partial charge in [0.15, 0.2) is 0 Å². The van der Waals surface area contributed by atoms with Gasteiger partial charge in [-0.25, -0.2) is 4.79 Å². The molecule has 2 aliphatic rings. The lowest BCUT2D eigenvalue weighted by molar-refractivity contribution is 0.160. The number of dihydropyridines is 1. The third-order valence-corrected chi connectivity index (χ3v) is 6.77. The fourth-order valence-electron chi connectivity index (χ4n) is 4.83. The monoisotopic (exact) mass is 488 g/mol. The maximum Gasteiger partial charge on any atom is 0.314 e. The summed E-state index contributed by atoms with van der Waals surface area (Å²) in [7, 11) is 3.72. The Hall–Kier alpha value is -3.98. The molecular formula is C27H36N8O. The zero-order valence-electron chi connectivity index (χ0n) is 21.2. The van der Waals surface area contributed by atoms with E-state index in [2.05, 4.69) is 69.2 Å². The number of aryl methyl sites for hydroxylation is 1. The zero-order chi connectivity index (χ0) is 25.7. The van der Waals surface area contributed by atoms with Crippen LogP contribution < -0.4 is 27.4 Å². The highest BCUT2D eigenvalue weighted by atomic mass is 16.2. The maximum atomic E-state index is 11.4. The molecule has 2 heterocycles. The summed E-state index contributed by atoms with van der Waals surface area (Å²) in [4.78, 5) is 19.6. The number of aliphatic imine (C=N–C) groups is 1. The first-order valence-electron chi connectivity index (χ1n) is 12.2. The quantitative estimate of drug-likeness (QED) is 0.301. The molecule has 0 aromatic heterocycles. The van der Waals surface area contributed by atoms with Crippen LogP contribution >= 0.6 is 0 Å². The highest BCUT2D eigenvalue weighted by Crippen LogP contribution is 2.34. The highest BCUT2D eigenvalue weighted by molar-refractivity contribution is 5.89. The van der Waals surface area contributed by atoms with Crippen LogP contribution in [0, 0.1) is 6.92 Å². The molecule has 36 heavy (non-hydrogen) atoms. The molecule has 0 aliphatic carbocycles. The number of nitrogens with one attached hydrogen (secondary N) is 3. The van der Waals surface area contributed by atoms with Gasteiger partial charge >= 0.3 is 6.03 Å². The van der Waals surface area contributed by atoms with Crippen LogP contribution in [-0.4, -0.2) is 68.9 Å². The molecular weight excluding hydrogens is 452 g/mol. The molecule has 0 saturated carbocycles. The second-order valence-electron chi connectivity index (χ2n) is 9.03. The summed E-state index contributed by atoms with van der Waals surface area (Å²) in [5.74, 6) is 1.06. The summed E-state index contributed by atoms with van der Waals surface area (Å²) in [6.07, 6.45) is 6.03. The lowest BCUT2D eigenvalue weighted by Gasteiger charge is -2.37. The molecule has 0 bridgehead atoms. The van der Waals surface area contributed by atoms with Crippen LogP contribution in [-0.2, 0) is 0 Å². The van der Waals surface area contributed by atoms with Crippen molar-refractivity contribution in [2.24, 2.45) is 10.7 Å². The number of nitrogens with two attached hydrogens (primary N) is 2. The maximum absolute atomic E-state index is 11.4. The van der Waals surface area contributed by atoms with E-state index in [-0.39, 0.29) is 12.1 Å². The third kappa shape index (κ3) is 5.31. The van der Waals surface area contributed by atoms with Crippen molar-refractivity contribution < 1.29 is 4.79 Å². The number of nitrogens with zero attached hydrogens (tertiary/aromatic N) is 3. The van der Waals surface area contributed by atoms with Crippen LogP contribution in [0.2, 0.25) is 0 Å². The average molecular weight is 489 g/mol. The van der Waals surface area contributed by atoms with Crippen LogP contribution in [0.3, 0.4) is 0 Å². The van der Waals surface area contributed by atoms with Crippen LogP contribution in [0.15, 0.2) is 65.1 Å². The van der Waals surface area contributed by atoms with Crippen molar-refractivity contribution in [1.82, 2.24) is 20.4 Å². The number of carbonyl (C=O) groups excluding carboxylic acids is 1. The lowest BCUT2D eigenvalue weighted by atomic mass is 9.91. The second-order valence-corrected chi connectivity index (χ2v) is 9.03. The van der Waals surface area contributed by atoms with Crippen molar-refractivity contribution in [3.63, 3.8) is 0 Å². The van der Waals surface area contributed by atoms with E-state index in [1.165, 1.54) is 0 Å². The van der Waals surface area contributed by atoms with Gasteiger partial charge in [0.1, 0.15) is 5.82 Å². The van der Waals surface area contributed by atoms with Crippen LogP contribution in [0.25, 0.3) is 0 Å². The topological polar surface area (TPSA) is 124 Å². The highest BCUT2D eigenvalue weighted by Gasteiger charge is 2.23. The zero-order valence-corrected chi connectivity index (χ0v) is 21.2. The van der Waals surface area contributed by atoms with Crippen molar-refractivity contribution in [3.8, 4) is 0 Å². The number of hydrogen-bond acceptors (Lipinski definition) is 7. The Morgan fingerprint density at radius 2 is 1.83 bits per heavy atom. The Bertz CT molecular complexity index is 1190. The Morgan fingerprint density at radius 3 is 2.47 bits per heavy atom.